The summed E-state index contributed by atoms with van der Waals surface area (Å²) in [6.45, 7) is 9.33. The highest BCUT2D eigenvalue weighted by atomic mass is 32.2. The van der Waals surface area contributed by atoms with Crippen LogP contribution < -0.4 is 9.64 Å². The number of thioether (sulfide) groups is 1. The molecule has 6 nitrogen and oxygen atoms in total. The number of nitrogens with zero attached hydrogens (tertiary/aromatic N) is 3. The molecule has 3 aromatic rings. The third-order valence-corrected chi connectivity index (χ3v) is 7.29. The van der Waals surface area contributed by atoms with E-state index < -0.39 is 0 Å². The van der Waals surface area contributed by atoms with Gasteiger partial charge in [0.15, 0.2) is 5.13 Å². The lowest BCUT2D eigenvalue weighted by molar-refractivity contribution is 0.0391. The van der Waals surface area contributed by atoms with Crippen molar-refractivity contribution in [2.45, 2.75) is 18.7 Å². The summed E-state index contributed by atoms with van der Waals surface area (Å²) in [7, 11) is 0. The summed E-state index contributed by atoms with van der Waals surface area (Å²) in [5.41, 5.74) is 1.62. The average Bonchev–Trinajstić information content (AvgIpc) is 3.23. The van der Waals surface area contributed by atoms with Crippen LogP contribution in [0.1, 0.15) is 24.2 Å². The number of thiazole rings is 1. The van der Waals surface area contributed by atoms with E-state index in [-0.39, 0.29) is 5.91 Å². The minimum absolute atomic E-state index is 0.00102. The lowest BCUT2D eigenvalue weighted by Crippen LogP contribution is -2.43. The Bertz CT molecular complexity index is 1050. The lowest BCUT2D eigenvalue weighted by atomic mass is 10.2. The van der Waals surface area contributed by atoms with Crippen molar-refractivity contribution in [3.05, 3.63) is 48.0 Å². The van der Waals surface area contributed by atoms with Gasteiger partial charge in [-0.05, 0) is 43.0 Å². The van der Waals surface area contributed by atoms with Crippen LogP contribution >= 0.6 is 23.1 Å². The third-order valence-electron chi connectivity index (χ3n) is 5.30. The molecule has 0 radical (unpaired) electrons. The van der Waals surface area contributed by atoms with Crippen LogP contribution in [0.3, 0.4) is 0 Å². The van der Waals surface area contributed by atoms with Crippen LogP contribution in [0, 0.1) is 0 Å². The maximum atomic E-state index is 13.8. The fourth-order valence-corrected chi connectivity index (χ4v) is 5.50. The zero-order valence-electron chi connectivity index (χ0n) is 18.6. The first-order valence-corrected chi connectivity index (χ1v) is 12.9. The van der Waals surface area contributed by atoms with E-state index in [2.05, 4.69) is 11.8 Å². The van der Waals surface area contributed by atoms with Crippen LogP contribution in [0.5, 0.6) is 5.75 Å². The Morgan fingerprint density at radius 1 is 1.22 bits per heavy atom. The summed E-state index contributed by atoms with van der Waals surface area (Å²) in [5.74, 6) is 1.74. The number of rotatable bonds is 9. The monoisotopic (exact) mass is 471 g/mol. The van der Waals surface area contributed by atoms with Crippen LogP contribution in [0.15, 0.2) is 47.4 Å². The van der Waals surface area contributed by atoms with Crippen molar-refractivity contribution in [3.63, 3.8) is 0 Å². The molecular weight excluding hydrogens is 442 g/mol. The summed E-state index contributed by atoms with van der Waals surface area (Å²) in [6.07, 6.45) is 0. The van der Waals surface area contributed by atoms with Crippen molar-refractivity contribution in [2.75, 3.05) is 56.7 Å². The Kier molecular flexibility index (Phi) is 8.02. The van der Waals surface area contributed by atoms with E-state index in [4.69, 9.17) is 14.5 Å². The number of amides is 1. The van der Waals surface area contributed by atoms with Gasteiger partial charge in [0.05, 0.1) is 35.6 Å². The van der Waals surface area contributed by atoms with E-state index in [1.165, 1.54) is 11.3 Å². The van der Waals surface area contributed by atoms with Crippen LogP contribution in [0.2, 0.25) is 0 Å². The summed E-state index contributed by atoms with van der Waals surface area (Å²) < 4.78 is 12.1. The number of carbonyl (C=O) groups is 1. The molecule has 1 aromatic heterocycles. The first-order chi connectivity index (χ1) is 15.7. The number of fused-ring (bicyclic) bond motifs is 1. The predicted molar refractivity (Wildman–Crippen MR) is 133 cm³/mol. The SMILES string of the molecule is CCOc1ccc2nc(N(CCN3CCOCC3)C(=O)c3ccccc3SCC)sc2c1. The second-order valence-corrected chi connectivity index (χ2v) is 9.71. The standard InChI is InChI=1S/C24H29N3O3S2/c1-3-30-18-9-10-20-22(17-18)32-24(25-20)27(12-11-26-13-15-29-16-14-26)23(28)19-7-5-6-8-21(19)31-4-2/h5-10,17H,3-4,11-16H2,1-2H3. The van der Waals surface area contributed by atoms with Crippen molar-refractivity contribution >= 4 is 44.4 Å². The topological polar surface area (TPSA) is 54.9 Å². The average molecular weight is 472 g/mol. The number of morpholine rings is 1. The Morgan fingerprint density at radius 3 is 2.81 bits per heavy atom. The van der Waals surface area contributed by atoms with E-state index in [0.29, 0.717) is 13.2 Å². The van der Waals surface area contributed by atoms with Crippen molar-refractivity contribution in [1.82, 2.24) is 9.88 Å². The van der Waals surface area contributed by atoms with Crippen molar-refractivity contribution < 1.29 is 14.3 Å². The number of benzene rings is 2. The zero-order valence-corrected chi connectivity index (χ0v) is 20.2. The molecule has 0 saturated carbocycles. The predicted octanol–water partition coefficient (Wildman–Crippen LogP) is 4.79. The molecule has 0 aliphatic carbocycles. The molecule has 32 heavy (non-hydrogen) atoms. The van der Waals surface area contributed by atoms with Gasteiger partial charge in [-0.2, -0.15) is 0 Å². The Labute approximate surface area is 197 Å². The first kappa shape index (κ1) is 23.0. The highest BCUT2D eigenvalue weighted by Crippen LogP contribution is 2.33. The summed E-state index contributed by atoms with van der Waals surface area (Å²) in [6, 6.07) is 13.8. The number of hydrogen-bond donors (Lipinski definition) is 0. The summed E-state index contributed by atoms with van der Waals surface area (Å²) in [5, 5.41) is 0.725. The second-order valence-electron chi connectivity index (χ2n) is 7.40. The third kappa shape index (κ3) is 5.43. The van der Waals surface area contributed by atoms with Gasteiger partial charge in [0.2, 0.25) is 0 Å². The number of hydrogen-bond acceptors (Lipinski definition) is 7. The maximum absolute atomic E-state index is 13.8. The Hall–Kier alpha value is -2.13. The number of aromatic nitrogens is 1. The molecular formula is C24H29N3O3S2. The maximum Gasteiger partial charge on any atom is 0.261 e. The van der Waals surface area contributed by atoms with Crippen LogP contribution in [-0.2, 0) is 4.74 Å². The van der Waals surface area contributed by atoms with Gasteiger partial charge in [-0.15, -0.1) is 11.8 Å². The molecule has 1 aliphatic heterocycles. The molecule has 2 aromatic carbocycles. The zero-order chi connectivity index (χ0) is 22.3. The molecule has 4 rings (SSSR count). The van der Waals surface area contributed by atoms with Gasteiger partial charge in [-0.3, -0.25) is 14.6 Å². The van der Waals surface area contributed by atoms with Gasteiger partial charge < -0.3 is 9.47 Å². The molecule has 0 unspecified atom stereocenters. The quantitative estimate of drug-likeness (QED) is 0.419. The summed E-state index contributed by atoms with van der Waals surface area (Å²) >= 11 is 3.23. The molecule has 170 valence electrons. The van der Waals surface area contributed by atoms with E-state index >= 15 is 0 Å². The molecule has 1 saturated heterocycles. The summed E-state index contributed by atoms with van der Waals surface area (Å²) in [4.78, 5) is 23.8. The van der Waals surface area contributed by atoms with E-state index in [1.807, 2.05) is 54.3 Å². The first-order valence-electron chi connectivity index (χ1n) is 11.1. The van der Waals surface area contributed by atoms with Crippen molar-refractivity contribution in [3.8, 4) is 5.75 Å². The van der Waals surface area contributed by atoms with Crippen LogP contribution in [-0.4, -0.2) is 67.5 Å². The van der Waals surface area contributed by atoms with Crippen LogP contribution in [0.25, 0.3) is 10.2 Å². The largest absolute Gasteiger partial charge is 0.494 e. The number of carbonyl (C=O) groups excluding carboxylic acids is 1. The Balaban J connectivity index is 1.65. The molecule has 8 heteroatoms. The number of anilines is 1. The van der Waals surface area contributed by atoms with E-state index in [9.17, 15) is 4.79 Å². The van der Waals surface area contributed by atoms with E-state index in [1.54, 1.807) is 11.8 Å². The molecule has 0 atom stereocenters. The molecule has 2 heterocycles. The molecule has 0 N–H and O–H groups in total. The molecule has 1 amide bonds. The van der Waals surface area contributed by atoms with Gasteiger partial charge in [0.1, 0.15) is 5.75 Å². The van der Waals surface area contributed by atoms with Crippen molar-refractivity contribution in [2.24, 2.45) is 0 Å². The normalized spacial score (nSPS) is 14.6. The van der Waals surface area contributed by atoms with Gasteiger partial charge >= 0.3 is 0 Å². The van der Waals surface area contributed by atoms with Gasteiger partial charge in [-0.1, -0.05) is 30.4 Å². The van der Waals surface area contributed by atoms with Gasteiger partial charge in [0.25, 0.3) is 5.91 Å². The van der Waals surface area contributed by atoms with Gasteiger partial charge in [-0.25, -0.2) is 4.98 Å². The highest BCUT2D eigenvalue weighted by Gasteiger charge is 2.24. The Morgan fingerprint density at radius 2 is 2.03 bits per heavy atom. The lowest BCUT2D eigenvalue weighted by Gasteiger charge is -2.29. The fraction of sp³-hybridized carbons (Fsp3) is 0.417. The van der Waals surface area contributed by atoms with Gasteiger partial charge in [0, 0.05) is 31.1 Å². The molecule has 0 spiro atoms. The molecule has 1 fully saturated rings. The second kappa shape index (κ2) is 11.1. The van der Waals surface area contributed by atoms with E-state index in [0.717, 1.165) is 70.2 Å². The van der Waals surface area contributed by atoms with Crippen molar-refractivity contribution in [1.29, 1.82) is 0 Å². The van der Waals surface area contributed by atoms with Crippen LogP contribution in [0.4, 0.5) is 5.13 Å². The smallest absolute Gasteiger partial charge is 0.261 e. The molecule has 1 aliphatic rings. The minimum atomic E-state index is -0.00102. The molecule has 0 bridgehead atoms. The fourth-order valence-electron chi connectivity index (χ4n) is 3.69. The minimum Gasteiger partial charge on any atom is -0.494 e. The number of ether oxygens (including phenoxy) is 2. The highest BCUT2D eigenvalue weighted by molar-refractivity contribution is 7.99.